The smallest absolute Gasteiger partial charge is 0.280 e. The third kappa shape index (κ3) is 3.81. The number of hydrogen-bond acceptors (Lipinski definition) is 4. The number of benzene rings is 3. The van der Waals surface area contributed by atoms with Crippen molar-refractivity contribution in [3.8, 4) is 5.69 Å². The molecular weight excluding hydrogens is 380 g/mol. The zero-order valence-electron chi connectivity index (χ0n) is 16.1. The topological polar surface area (TPSA) is 93.1 Å². The van der Waals surface area contributed by atoms with E-state index in [-0.39, 0.29) is 11.6 Å². The summed E-state index contributed by atoms with van der Waals surface area (Å²) in [4.78, 5) is 36.9. The van der Waals surface area contributed by atoms with Gasteiger partial charge < -0.3 is 10.6 Å². The number of para-hydroxylation sites is 2. The molecule has 2 amide bonds. The summed E-state index contributed by atoms with van der Waals surface area (Å²) in [7, 11) is 0. The quantitative estimate of drug-likeness (QED) is 0.549. The molecule has 1 heterocycles. The summed E-state index contributed by atoms with van der Waals surface area (Å²) in [6.07, 6.45) is 0. The van der Waals surface area contributed by atoms with Crippen molar-refractivity contribution < 1.29 is 9.59 Å². The van der Waals surface area contributed by atoms with Crippen LogP contribution in [0.25, 0.3) is 16.6 Å². The Labute approximate surface area is 172 Å². The van der Waals surface area contributed by atoms with Crippen molar-refractivity contribution in [2.75, 3.05) is 10.6 Å². The Balaban J connectivity index is 1.73. The number of fused-ring (bicyclic) bond motifs is 1. The summed E-state index contributed by atoms with van der Waals surface area (Å²) in [6.45, 7) is 1.42. The number of carbonyl (C=O) groups excluding carboxylic acids is 2. The van der Waals surface area contributed by atoms with Crippen LogP contribution in [0.3, 0.4) is 0 Å². The summed E-state index contributed by atoms with van der Waals surface area (Å²) in [5, 5.41) is 10.1. The predicted molar refractivity (Wildman–Crippen MR) is 116 cm³/mol. The average molecular weight is 398 g/mol. The van der Waals surface area contributed by atoms with Gasteiger partial charge >= 0.3 is 0 Å². The van der Waals surface area contributed by atoms with Crippen molar-refractivity contribution in [2.24, 2.45) is 0 Å². The Kier molecular flexibility index (Phi) is 5.09. The highest BCUT2D eigenvalue weighted by atomic mass is 16.2. The molecule has 148 valence electrons. The molecule has 0 saturated heterocycles. The summed E-state index contributed by atoms with van der Waals surface area (Å²) in [5.74, 6) is -0.795. The summed E-state index contributed by atoms with van der Waals surface area (Å²) in [6, 6.07) is 22.9. The van der Waals surface area contributed by atoms with E-state index in [1.807, 2.05) is 36.4 Å². The Morgan fingerprint density at radius 1 is 0.800 bits per heavy atom. The van der Waals surface area contributed by atoms with Crippen molar-refractivity contribution in [1.29, 1.82) is 0 Å². The molecule has 4 aromatic rings. The van der Waals surface area contributed by atoms with Crippen molar-refractivity contribution in [2.45, 2.75) is 6.92 Å². The lowest BCUT2D eigenvalue weighted by Gasteiger charge is -2.12. The van der Waals surface area contributed by atoms with E-state index in [0.717, 1.165) is 5.69 Å². The van der Waals surface area contributed by atoms with E-state index in [4.69, 9.17) is 0 Å². The maximum absolute atomic E-state index is 12.9. The van der Waals surface area contributed by atoms with Crippen LogP contribution in [-0.4, -0.2) is 21.6 Å². The molecule has 0 saturated carbocycles. The number of rotatable bonds is 4. The van der Waals surface area contributed by atoms with Gasteiger partial charge in [0.15, 0.2) is 5.69 Å². The Morgan fingerprint density at radius 2 is 1.40 bits per heavy atom. The first-order chi connectivity index (χ1) is 14.5. The minimum Gasteiger partial charge on any atom is -0.326 e. The number of nitrogens with zero attached hydrogens (tertiary/aromatic N) is 2. The van der Waals surface area contributed by atoms with Gasteiger partial charge in [-0.15, -0.1) is 0 Å². The van der Waals surface area contributed by atoms with Gasteiger partial charge in [0.05, 0.1) is 16.6 Å². The molecule has 1 aromatic heterocycles. The first kappa shape index (κ1) is 19.1. The molecule has 3 aromatic carbocycles. The largest absolute Gasteiger partial charge is 0.326 e. The van der Waals surface area contributed by atoms with Gasteiger partial charge in [-0.05, 0) is 48.5 Å². The molecule has 0 aliphatic heterocycles. The average Bonchev–Trinajstić information content (AvgIpc) is 2.76. The van der Waals surface area contributed by atoms with Gasteiger partial charge in [0, 0.05) is 18.3 Å². The van der Waals surface area contributed by atoms with Crippen LogP contribution in [0.15, 0.2) is 83.7 Å². The zero-order chi connectivity index (χ0) is 21.1. The van der Waals surface area contributed by atoms with Gasteiger partial charge in [0.1, 0.15) is 0 Å². The molecule has 7 nitrogen and oxygen atoms in total. The second-order valence-corrected chi connectivity index (χ2v) is 6.65. The molecule has 0 bridgehead atoms. The SMILES string of the molecule is CC(=O)Nc1ccc(NC(=O)c2nn(-c3ccccc3)c3ccccc3c2=O)cc1. The van der Waals surface area contributed by atoms with Gasteiger partial charge in [-0.1, -0.05) is 30.3 Å². The van der Waals surface area contributed by atoms with E-state index < -0.39 is 11.3 Å². The summed E-state index contributed by atoms with van der Waals surface area (Å²) < 4.78 is 1.59. The first-order valence-corrected chi connectivity index (χ1v) is 9.29. The maximum Gasteiger partial charge on any atom is 0.280 e. The van der Waals surface area contributed by atoms with E-state index in [1.165, 1.54) is 6.92 Å². The molecule has 30 heavy (non-hydrogen) atoms. The standard InChI is InChI=1S/C23H18N4O3/c1-15(28)24-16-11-13-17(14-12-16)25-23(30)21-22(29)19-9-5-6-10-20(19)27(26-21)18-7-3-2-4-8-18/h2-14H,1H3,(H,24,28)(H,25,30). The first-order valence-electron chi connectivity index (χ1n) is 9.29. The lowest BCUT2D eigenvalue weighted by Crippen LogP contribution is -2.26. The van der Waals surface area contributed by atoms with Gasteiger partial charge in [0.25, 0.3) is 5.91 Å². The van der Waals surface area contributed by atoms with Gasteiger partial charge in [-0.2, -0.15) is 5.10 Å². The number of nitrogens with one attached hydrogen (secondary N) is 2. The molecule has 0 aliphatic rings. The molecule has 0 aliphatic carbocycles. The van der Waals surface area contributed by atoms with Gasteiger partial charge in [-0.3, -0.25) is 14.4 Å². The highest BCUT2D eigenvalue weighted by Crippen LogP contribution is 2.17. The van der Waals surface area contributed by atoms with Crippen LogP contribution in [0.1, 0.15) is 17.4 Å². The number of anilines is 2. The van der Waals surface area contributed by atoms with E-state index in [1.54, 1.807) is 47.1 Å². The highest BCUT2D eigenvalue weighted by Gasteiger charge is 2.18. The second kappa shape index (κ2) is 8.00. The van der Waals surface area contributed by atoms with Crippen molar-refractivity contribution in [3.63, 3.8) is 0 Å². The fourth-order valence-electron chi connectivity index (χ4n) is 3.12. The third-order valence-electron chi connectivity index (χ3n) is 4.47. The molecule has 0 radical (unpaired) electrons. The Bertz CT molecular complexity index is 1300. The van der Waals surface area contributed by atoms with Crippen LogP contribution < -0.4 is 16.1 Å². The monoisotopic (exact) mass is 398 g/mol. The Hall–Kier alpha value is -4.26. The fraction of sp³-hybridized carbons (Fsp3) is 0.0435. The molecule has 0 spiro atoms. The maximum atomic E-state index is 12.9. The van der Waals surface area contributed by atoms with Crippen molar-refractivity contribution in [3.05, 3.63) is 94.8 Å². The van der Waals surface area contributed by atoms with E-state index in [9.17, 15) is 14.4 Å². The van der Waals surface area contributed by atoms with Crippen LogP contribution >= 0.6 is 0 Å². The minimum absolute atomic E-state index is 0.186. The van der Waals surface area contributed by atoms with Crippen LogP contribution in [-0.2, 0) is 4.79 Å². The van der Waals surface area contributed by atoms with Gasteiger partial charge in [0.2, 0.25) is 11.3 Å². The molecule has 2 N–H and O–H groups in total. The predicted octanol–water partition coefficient (Wildman–Crippen LogP) is 3.60. The second-order valence-electron chi connectivity index (χ2n) is 6.65. The van der Waals surface area contributed by atoms with Crippen LogP contribution in [0.4, 0.5) is 11.4 Å². The summed E-state index contributed by atoms with van der Waals surface area (Å²) >= 11 is 0. The van der Waals surface area contributed by atoms with Gasteiger partial charge in [-0.25, -0.2) is 4.68 Å². The molecule has 4 rings (SSSR count). The third-order valence-corrected chi connectivity index (χ3v) is 4.47. The molecular formula is C23H18N4O3. The molecule has 7 heteroatoms. The fourth-order valence-corrected chi connectivity index (χ4v) is 3.12. The van der Waals surface area contributed by atoms with Crippen molar-refractivity contribution in [1.82, 2.24) is 9.78 Å². The van der Waals surface area contributed by atoms with Crippen LogP contribution in [0, 0.1) is 0 Å². The summed E-state index contributed by atoms with van der Waals surface area (Å²) in [5.41, 5.74) is 1.80. The van der Waals surface area contributed by atoms with Crippen LogP contribution in [0.2, 0.25) is 0 Å². The molecule has 0 atom stereocenters. The molecule has 0 unspecified atom stereocenters. The van der Waals surface area contributed by atoms with Crippen molar-refractivity contribution >= 4 is 34.1 Å². The number of amides is 2. The van der Waals surface area contributed by atoms with E-state index in [0.29, 0.717) is 22.3 Å². The molecule has 0 fully saturated rings. The normalized spacial score (nSPS) is 10.6. The Morgan fingerprint density at radius 3 is 2.07 bits per heavy atom. The lowest BCUT2D eigenvalue weighted by atomic mass is 10.2. The van der Waals surface area contributed by atoms with E-state index >= 15 is 0 Å². The van der Waals surface area contributed by atoms with E-state index in [2.05, 4.69) is 15.7 Å². The number of aromatic nitrogens is 2. The zero-order valence-corrected chi connectivity index (χ0v) is 16.1. The van der Waals surface area contributed by atoms with Crippen LogP contribution in [0.5, 0.6) is 0 Å². The number of hydrogen-bond donors (Lipinski definition) is 2. The number of carbonyl (C=O) groups is 2. The highest BCUT2D eigenvalue weighted by molar-refractivity contribution is 6.04. The minimum atomic E-state index is -0.609. The lowest BCUT2D eigenvalue weighted by molar-refractivity contribution is -0.114.